The molecule has 22 rings (SSSR count). The highest BCUT2D eigenvalue weighted by atomic mass is 15.1. The Morgan fingerprint density at radius 1 is 0.190 bits per heavy atom. The highest BCUT2D eigenvalue weighted by molar-refractivity contribution is 6.02. The fourth-order valence-electron chi connectivity index (χ4n) is 19.0. The molecule has 464 valence electrons. The van der Waals surface area contributed by atoms with Crippen LogP contribution in [0.4, 0.5) is 34.1 Å². The van der Waals surface area contributed by atoms with Gasteiger partial charge in [-0.05, 0) is 276 Å². The van der Waals surface area contributed by atoms with Gasteiger partial charge in [-0.25, -0.2) is 0 Å². The van der Waals surface area contributed by atoms with Gasteiger partial charge in [-0.15, -0.1) is 0 Å². The SMILES string of the molecule is C(=Cc1ccc2c(c1)Cc1cc3c(cc1-2)C1(c2ccccc2-c2ccccc21)c1cc(N(c2ccccc2)c2ccc4ccccc4c2)ccc1-3)c1ccc2c(c1)Cc1cc3c(cc1-2)C1(c2ccccc2-c2ccccc21)c1cc(N(c2ccccc2)c2ccc4ccccc4c2)ccc1-3. The number of para-hydroxylation sites is 2. The molecular formula is C98H62N2. The van der Waals surface area contributed by atoms with Crippen molar-refractivity contribution in [2.24, 2.45) is 0 Å². The Morgan fingerprint density at radius 2 is 0.500 bits per heavy atom. The van der Waals surface area contributed by atoms with E-state index in [1.807, 2.05) is 0 Å². The van der Waals surface area contributed by atoms with Gasteiger partial charge in [0.25, 0.3) is 0 Å². The lowest BCUT2D eigenvalue weighted by molar-refractivity contribution is 0.794. The van der Waals surface area contributed by atoms with Gasteiger partial charge in [-0.2, -0.15) is 0 Å². The first-order valence-electron chi connectivity index (χ1n) is 35.2. The lowest BCUT2D eigenvalue weighted by atomic mass is 9.70. The molecule has 0 radical (unpaired) electrons. The van der Waals surface area contributed by atoms with Gasteiger partial charge in [-0.1, -0.05) is 255 Å². The zero-order valence-corrected chi connectivity index (χ0v) is 54.8. The molecule has 0 heterocycles. The predicted octanol–water partition coefficient (Wildman–Crippen LogP) is 24.9. The van der Waals surface area contributed by atoms with Crippen molar-refractivity contribution in [2.45, 2.75) is 23.7 Å². The summed E-state index contributed by atoms with van der Waals surface area (Å²) in [5, 5.41) is 4.91. The quantitative estimate of drug-likeness (QED) is 0.140. The first-order chi connectivity index (χ1) is 49.5. The van der Waals surface area contributed by atoms with Crippen LogP contribution in [0.15, 0.2) is 340 Å². The van der Waals surface area contributed by atoms with Crippen molar-refractivity contribution in [3.05, 3.63) is 418 Å². The van der Waals surface area contributed by atoms with Crippen LogP contribution in [-0.2, 0) is 23.7 Å². The number of hydrogen-bond acceptors (Lipinski definition) is 2. The summed E-state index contributed by atoms with van der Waals surface area (Å²) >= 11 is 0. The molecular weight excluding hydrogens is 1210 g/mol. The van der Waals surface area contributed by atoms with E-state index < -0.39 is 10.8 Å². The van der Waals surface area contributed by atoms with Crippen molar-refractivity contribution in [3.63, 3.8) is 0 Å². The average molecular weight is 1270 g/mol. The Bertz CT molecular complexity index is 5780. The highest BCUT2D eigenvalue weighted by Crippen LogP contribution is 2.67. The topological polar surface area (TPSA) is 6.48 Å². The summed E-state index contributed by atoms with van der Waals surface area (Å²) < 4.78 is 0. The van der Waals surface area contributed by atoms with Crippen LogP contribution in [0.3, 0.4) is 0 Å². The van der Waals surface area contributed by atoms with E-state index in [0.717, 1.165) is 47.0 Å². The Hall–Kier alpha value is -12.6. The normalized spacial score (nSPS) is 14.0. The van der Waals surface area contributed by atoms with E-state index in [9.17, 15) is 0 Å². The first kappa shape index (κ1) is 55.5. The summed E-state index contributed by atoms with van der Waals surface area (Å²) in [6.45, 7) is 0. The molecule has 16 aromatic rings. The Labute approximate surface area is 582 Å². The molecule has 0 aliphatic heterocycles. The van der Waals surface area contributed by atoms with Gasteiger partial charge < -0.3 is 9.80 Å². The minimum Gasteiger partial charge on any atom is -0.310 e. The van der Waals surface area contributed by atoms with Crippen molar-refractivity contribution in [3.8, 4) is 66.8 Å². The predicted molar refractivity (Wildman–Crippen MR) is 415 cm³/mol. The highest BCUT2D eigenvalue weighted by Gasteiger charge is 2.54. The standard InChI is InChI=1S/C98H62N2/c1-3-23-71(24-4-1)99(73-41-39-63-19-7-9-21-65(63)53-73)75-43-47-83-87-55-69-51-67-49-61(37-45-77(67)85(69)59-95(87)97(93(83)57-75)89-31-15-11-27-79(89)80-28-12-16-32-90(80)97)35-36-62-38-46-78-68(50-62)52-70-56-88-84-48-44-76(100(72-25-5-2-6-26-72)74-42-40-64-20-8-10-22-66(64)54-74)58-94(84)98(96(88)60-86(70)78)91-33-17-13-29-81(91)82-30-14-18-34-92(82)98/h1-50,53-60H,51-52H2. The Kier molecular flexibility index (Phi) is 11.6. The molecule has 0 fully saturated rings. The molecule has 0 amide bonds. The van der Waals surface area contributed by atoms with Crippen molar-refractivity contribution >= 4 is 67.8 Å². The van der Waals surface area contributed by atoms with Crippen LogP contribution in [0.5, 0.6) is 0 Å². The van der Waals surface area contributed by atoms with Crippen LogP contribution in [0.25, 0.3) is 100 Å². The van der Waals surface area contributed by atoms with Gasteiger partial charge >= 0.3 is 0 Å². The van der Waals surface area contributed by atoms with Gasteiger partial charge in [0.15, 0.2) is 0 Å². The number of benzene rings is 16. The van der Waals surface area contributed by atoms with Crippen LogP contribution in [-0.4, -0.2) is 0 Å². The van der Waals surface area contributed by atoms with E-state index >= 15 is 0 Å². The summed E-state index contributed by atoms with van der Waals surface area (Å²) in [6.07, 6.45) is 6.44. The van der Waals surface area contributed by atoms with Gasteiger partial charge in [0.2, 0.25) is 0 Å². The van der Waals surface area contributed by atoms with Crippen LogP contribution in [0.1, 0.15) is 77.9 Å². The minimum absolute atomic E-state index is 0.518. The maximum absolute atomic E-state index is 2.59. The molecule has 6 aliphatic rings. The van der Waals surface area contributed by atoms with E-state index in [1.165, 1.54) is 166 Å². The largest absolute Gasteiger partial charge is 0.310 e. The van der Waals surface area contributed by atoms with E-state index in [2.05, 4.69) is 362 Å². The molecule has 0 unspecified atom stereocenters. The number of nitrogens with zero attached hydrogens (tertiary/aromatic N) is 2. The summed E-state index contributed by atoms with van der Waals surface area (Å²) in [4.78, 5) is 4.88. The molecule has 16 aromatic carbocycles. The van der Waals surface area contributed by atoms with Gasteiger partial charge in [0.05, 0.1) is 10.8 Å². The maximum atomic E-state index is 2.59. The fraction of sp³-hybridized carbons (Fsp3) is 0.0408. The molecule has 6 aliphatic carbocycles. The van der Waals surface area contributed by atoms with E-state index in [1.54, 1.807) is 0 Å². The Balaban J connectivity index is 0.610. The molecule has 0 saturated carbocycles. The van der Waals surface area contributed by atoms with Crippen LogP contribution in [0.2, 0.25) is 0 Å². The number of fused-ring (bicyclic) bond motifs is 28. The molecule has 2 spiro atoms. The third-order valence-electron chi connectivity index (χ3n) is 23.2. The summed E-state index contributed by atoms with van der Waals surface area (Å²) in [5.41, 5.74) is 40.4. The maximum Gasteiger partial charge on any atom is 0.0726 e. The van der Waals surface area contributed by atoms with Crippen molar-refractivity contribution < 1.29 is 0 Å². The van der Waals surface area contributed by atoms with Gasteiger partial charge in [0.1, 0.15) is 0 Å². The van der Waals surface area contributed by atoms with Crippen molar-refractivity contribution in [1.29, 1.82) is 0 Å². The fourth-order valence-corrected chi connectivity index (χ4v) is 19.0. The zero-order valence-electron chi connectivity index (χ0n) is 54.8. The summed E-state index contributed by atoms with van der Waals surface area (Å²) in [7, 11) is 0. The molecule has 2 heteroatoms. The van der Waals surface area contributed by atoms with E-state index in [-0.39, 0.29) is 0 Å². The smallest absolute Gasteiger partial charge is 0.0726 e. The molecule has 0 bridgehead atoms. The van der Waals surface area contributed by atoms with Crippen molar-refractivity contribution in [2.75, 3.05) is 9.80 Å². The zero-order chi connectivity index (χ0) is 65.4. The van der Waals surface area contributed by atoms with E-state index in [0.29, 0.717) is 0 Å². The second kappa shape index (κ2) is 20.9. The monoisotopic (exact) mass is 1270 g/mol. The van der Waals surface area contributed by atoms with Crippen LogP contribution < -0.4 is 9.80 Å². The minimum atomic E-state index is -0.518. The molecule has 100 heavy (non-hydrogen) atoms. The first-order valence-corrected chi connectivity index (χ1v) is 35.2. The third kappa shape index (κ3) is 7.73. The van der Waals surface area contributed by atoms with Gasteiger partial charge in [0, 0.05) is 34.1 Å². The van der Waals surface area contributed by atoms with Gasteiger partial charge in [-0.3, -0.25) is 0 Å². The van der Waals surface area contributed by atoms with Crippen LogP contribution in [0, 0.1) is 0 Å². The lowest BCUT2D eigenvalue weighted by Gasteiger charge is -2.32. The second-order valence-corrected chi connectivity index (χ2v) is 28.2. The molecule has 0 aromatic heterocycles. The summed E-state index contributed by atoms with van der Waals surface area (Å²) in [5.74, 6) is 0. The number of hydrogen-bond donors (Lipinski definition) is 0. The number of anilines is 6. The third-order valence-corrected chi connectivity index (χ3v) is 23.2. The van der Waals surface area contributed by atoms with Crippen LogP contribution >= 0.6 is 0 Å². The number of rotatable bonds is 8. The molecule has 0 atom stereocenters. The van der Waals surface area contributed by atoms with E-state index in [4.69, 9.17) is 0 Å². The average Bonchev–Trinajstić information content (AvgIpc) is 1.51. The molecule has 0 saturated heterocycles. The second-order valence-electron chi connectivity index (χ2n) is 28.2. The molecule has 0 N–H and O–H groups in total. The molecule has 2 nitrogen and oxygen atoms in total. The summed E-state index contributed by atoms with van der Waals surface area (Å²) in [6, 6.07) is 129. The lowest BCUT2D eigenvalue weighted by Crippen LogP contribution is -2.26. The van der Waals surface area contributed by atoms with Crippen molar-refractivity contribution in [1.82, 2.24) is 0 Å². The Morgan fingerprint density at radius 3 is 0.910 bits per heavy atom.